The van der Waals surface area contributed by atoms with Gasteiger partial charge in [0.15, 0.2) is 6.61 Å². The number of nitrogens with one attached hydrogen (secondary N) is 1. The zero-order valence-electron chi connectivity index (χ0n) is 12.8. The Labute approximate surface area is 130 Å². The molecule has 1 N–H and O–H groups in total. The van der Waals surface area contributed by atoms with Crippen molar-refractivity contribution in [1.29, 1.82) is 0 Å². The summed E-state index contributed by atoms with van der Waals surface area (Å²) in [6.07, 6.45) is 6.49. The lowest BCUT2D eigenvalue weighted by Gasteiger charge is -2.24. The summed E-state index contributed by atoms with van der Waals surface area (Å²) in [5.74, 6) is 1.82. The summed E-state index contributed by atoms with van der Waals surface area (Å²) in [5.41, 5.74) is 1.12. The van der Waals surface area contributed by atoms with Gasteiger partial charge in [-0.25, -0.2) is 4.98 Å². The average molecular weight is 299 g/mol. The second-order valence-electron chi connectivity index (χ2n) is 5.55. The second kappa shape index (κ2) is 6.64. The Morgan fingerprint density at radius 1 is 1.45 bits per heavy atom. The van der Waals surface area contributed by atoms with Crippen LogP contribution in [-0.2, 0) is 24.2 Å². The van der Waals surface area contributed by atoms with Crippen molar-refractivity contribution in [2.24, 2.45) is 0 Å². The zero-order valence-corrected chi connectivity index (χ0v) is 12.8. The Bertz CT molecular complexity index is 651. The Hall–Kier alpha value is -2.30. The highest BCUT2D eigenvalue weighted by Gasteiger charge is 2.20. The van der Waals surface area contributed by atoms with Gasteiger partial charge in [-0.05, 0) is 24.5 Å². The number of para-hydroxylation sites is 1. The minimum atomic E-state index is -0.0699. The highest BCUT2D eigenvalue weighted by molar-refractivity contribution is 5.77. The molecule has 1 aromatic carbocycles. The van der Waals surface area contributed by atoms with Gasteiger partial charge in [-0.2, -0.15) is 0 Å². The monoisotopic (exact) mass is 299 g/mol. The number of fused-ring (bicyclic) bond motifs is 1. The van der Waals surface area contributed by atoms with Crippen molar-refractivity contribution in [2.75, 3.05) is 6.61 Å². The molecule has 0 fully saturated rings. The van der Waals surface area contributed by atoms with Gasteiger partial charge < -0.3 is 14.6 Å². The highest BCUT2D eigenvalue weighted by Crippen LogP contribution is 2.18. The first kappa shape index (κ1) is 14.6. The van der Waals surface area contributed by atoms with Crippen LogP contribution in [0.2, 0.25) is 0 Å². The molecule has 1 aliphatic rings. The van der Waals surface area contributed by atoms with Crippen LogP contribution in [0.4, 0.5) is 0 Å². The number of nitrogens with zero attached hydrogens (tertiary/aromatic N) is 2. The van der Waals surface area contributed by atoms with Gasteiger partial charge in [0.1, 0.15) is 11.6 Å². The van der Waals surface area contributed by atoms with E-state index in [1.165, 1.54) is 0 Å². The normalized spacial score (nSPS) is 16.9. The molecular weight excluding hydrogens is 278 g/mol. The lowest BCUT2D eigenvalue weighted by molar-refractivity contribution is -0.124. The van der Waals surface area contributed by atoms with E-state index >= 15 is 0 Å². The van der Waals surface area contributed by atoms with Crippen LogP contribution in [0.15, 0.2) is 36.7 Å². The van der Waals surface area contributed by atoms with Gasteiger partial charge in [0, 0.05) is 31.4 Å². The maximum absolute atomic E-state index is 12.1. The third-order valence-electron chi connectivity index (χ3n) is 4.01. The molecule has 2 heterocycles. The molecular formula is C17H21N3O2. The third-order valence-corrected chi connectivity index (χ3v) is 4.01. The fraction of sp³-hybridized carbons (Fsp3) is 0.412. The number of ether oxygens (including phenoxy) is 1. The SMILES string of the molecule is CCc1ccccc1OCC(=O)N[C@H]1CCc2nccn2C1. The predicted octanol–water partition coefficient (Wildman–Crippen LogP) is 1.96. The van der Waals surface area contributed by atoms with E-state index < -0.39 is 0 Å². The molecule has 1 amide bonds. The summed E-state index contributed by atoms with van der Waals surface area (Å²) in [6, 6.07) is 7.99. The van der Waals surface area contributed by atoms with Crippen molar-refractivity contribution in [3.63, 3.8) is 0 Å². The maximum Gasteiger partial charge on any atom is 0.258 e. The van der Waals surface area contributed by atoms with E-state index in [4.69, 9.17) is 4.74 Å². The number of imidazole rings is 1. The third kappa shape index (κ3) is 3.30. The van der Waals surface area contributed by atoms with Gasteiger partial charge in [-0.1, -0.05) is 25.1 Å². The number of carbonyl (C=O) groups excluding carboxylic acids is 1. The standard InChI is InChI=1S/C17H21N3O2/c1-2-13-5-3-4-6-15(13)22-12-17(21)19-14-7-8-16-18-9-10-20(16)11-14/h3-6,9-10,14H,2,7-8,11-12H2,1H3,(H,19,21)/t14-/m0/s1. The van der Waals surface area contributed by atoms with Crippen molar-refractivity contribution in [3.05, 3.63) is 48.0 Å². The molecule has 0 aliphatic carbocycles. The van der Waals surface area contributed by atoms with E-state index in [2.05, 4.69) is 21.8 Å². The van der Waals surface area contributed by atoms with Gasteiger partial charge in [0.05, 0.1) is 0 Å². The first-order chi connectivity index (χ1) is 10.8. The van der Waals surface area contributed by atoms with Gasteiger partial charge in [0.25, 0.3) is 5.91 Å². The number of hydrogen-bond donors (Lipinski definition) is 1. The fourth-order valence-electron chi connectivity index (χ4n) is 2.83. The van der Waals surface area contributed by atoms with E-state index in [0.29, 0.717) is 0 Å². The van der Waals surface area contributed by atoms with Crippen molar-refractivity contribution in [1.82, 2.24) is 14.9 Å². The molecule has 5 heteroatoms. The number of aryl methyl sites for hydroxylation is 2. The van der Waals surface area contributed by atoms with Crippen LogP contribution >= 0.6 is 0 Å². The lowest BCUT2D eigenvalue weighted by Crippen LogP contribution is -2.42. The number of amides is 1. The van der Waals surface area contributed by atoms with Gasteiger partial charge in [-0.15, -0.1) is 0 Å². The molecule has 22 heavy (non-hydrogen) atoms. The maximum atomic E-state index is 12.1. The summed E-state index contributed by atoms with van der Waals surface area (Å²) in [5, 5.41) is 3.04. The molecule has 1 aromatic heterocycles. The Kier molecular flexibility index (Phi) is 4.42. The molecule has 0 radical (unpaired) electrons. The molecule has 0 bridgehead atoms. The predicted molar refractivity (Wildman–Crippen MR) is 83.8 cm³/mol. The number of rotatable bonds is 5. The van der Waals surface area contributed by atoms with E-state index in [1.54, 1.807) is 0 Å². The molecule has 0 saturated heterocycles. The molecule has 5 nitrogen and oxygen atoms in total. The zero-order chi connectivity index (χ0) is 15.4. The number of hydrogen-bond acceptors (Lipinski definition) is 3. The molecule has 1 aliphatic heterocycles. The number of benzene rings is 1. The minimum absolute atomic E-state index is 0.0598. The smallest absolute Gasteiger partial charge is 0.258 e. The van der Waals surface area contributed by atoms with Crippen molar-refractivity contribution in [3.8, 4) is 5.75 Å². The van der Waals surface area contributed by atoms with Crippen molar-refractivity contribution >= 4 is 5.91 Å². The summed E-state index contributed by atoms with van der Waals surface area (Å²) >= 11 is 0. The molecule has 116 valence electrons. The summed E-state index contributed by atoms with van der Waals surface area (Å²) in [6.45, 7) is 2.92. The van der Waals surface area contributed by atoms with Gasteiger partial charge in [0.2, 0.25) is 0 Å². The van der Waals surface area contributed by atoms with Crippen LogP contribution in [0.3, 0.4) is 0 Å². The van der Waals surface area contributed by atoms with E-state index in [1.807, 2.05) is 36.7 Å². The minimum Gasteiger partial charge on any atom is -0.483 e. The number of aromatic nitrogens is 2. The molecule has 1 atom stereocenters. The first-order valence-electron chi connectivity index (χ1n) is 7.76. The van der Waals surface area contributed by atoms with Crippen LogP contribution in [0.25, 0.3) is 0 Å². The molecule has 2 aromatic rings. The molecule has 0 spiro atoms. The summed E-state index contributed by atoms with van der Waals surface area (Å²) in [7, 11) is 0. The van der Waals surface area contributed by atoms with E-state index in [0.717, 1.165) is 42.9 Å². The Morgan fingerprint density at radius 2 is 2.32 bits per heavy atom. The molecule has 0 unspecified atom stereocenters. The highest BCUT2D eigenvalue weighted by atomic mass is 16.5. The Morgan fingerprint density at radius 3 is 3.18 bits per heavy atom. The van der Waals surface area contributed by atoms with Gasteiger partial charge >= 0.3 is 0 Å². The Balaban J connectivity index is 1.51. The van der Waals surface area contributed by atoms with Crippen LogP contribution in [0.1, 0.15) is 24.7 Å². The van der Waals surface area contributed by atoms with Crippen LogP contribution in [-0.4, -0.2) is 28.1 Å². The van der Waals surface area contributed by atoms with Crippen LogP contribution < -0.4 is 10.1 Å². The van der Waals surface area contributed by atoms with Crippen molar-refractivity contribution < 1.29 is 9.53 Å². The lowest BCUT2D eigenvalue weighted by atomic mass is 10.1. The van der Waals surface area contributed by atoms with E-state index in [9.17, 15) is 4.79 Å². The average Bonchev–Trinajstić information content (AvgIpc) is 3.01. The first-order valence-corrected chi connectivity index (χ1v) is 7.76. The van der Waals surface area contributed by atoms with E-state index in [-0.39, 0.29) is 18.6 Å². The van der Waals surface area contributed by atoms with Crippen molar-refractivity contribution in [2.45, 2.75) is 38.8 Å². The quantitative estimate of drug-likeness (QED) is 0.918. The number of carbonyl (C=O) groups is 1. The fourth-order valence-corrected chi connectivity index (χ4v) is 2.83. The summed E-state index contributed by atoms with van der Waals surface area (Å²) in [4.78, 5) is 16.4. The topological polar surface area (TPSA) is 56.1 Å². The van der Waals surface area contributed by atoms with Crippen LogP contribution in [0, 0.1) is 0 Å². The largest absolute Gasteiger partial charge is 0.483 e. The van der Waals surface area contributed by atoms with Gasteiger partial charge in [-0.3, -0.25) is 4.79 Å². The molecule has 3 rings (SSSR count). The summed E-state index contributed by atoms with van der Waals surface area (Å²) < 4.78 is 7.75. The molecule has 0 saturated carbocycles. The van der Waals surface area contributed by atoms with Crippen LogP contribution in [0.5, 0.6) is 5.75 Å². The second-order valence-corrected chi connectivity index (χ2v) is 5.55.